The third-order valence-electron chi connectivity index (χ3n) is 8.57. The lowest BCUT2D eigenvalue weighted by Gasteiger charge is -2.58. The average molecular weight is 270 g/mol. The molecule has 5 rings (SSSR count). The molecule has 0 amide bonds. The zero-order valence-electron chi connectivity index (χ0n) is 13.3. The minimum Gasteiger partial charge on any atom is -0.0848 e. The predicted octanol–water partition coefficient (Wildman–Crippen LogP) is 5.59. The van der Waals surface area contributed by atoms with E-state index in [-0.39, 0.29) is 0 Å². The van der Waals surface area contributed by atoms with Gasteiger partial charge >= 0.3 is 0 Å². The molecule has 0 heteroatoms. The van der Waals surface area contributed by atoms with Crippen molar-refractivity contribution in [1.29, 1.82) is 0 Å². The van der Waals surface area contributed by atoms with E-state index in [1.54, 1.807) is 25.7 Å². The van der Waals surface area contributed by atoms with Crippen LogP contribution in [0.1, 0.15) is 71.6 Å². The molecule has 0 aromatic heterocycles. The molecule has 0 N–H and O–H groups in total. The van der Waals surface area contributed by atoms with E-state index in [2.05, 4.69) is 19.9 Å². The van der Waals surface area contributed by atoms with Crippen molar-refractivity contribution in [2.24, 2.45) is 40.4 Å². The van der Waals surface area contributed by atoms with E-state index in [9.17, 15) is 0 Å². The Balaban J connectivity index is 1.53. The highest BCUT2D eigenvalue weighted by Crippen LogP contribution is 2.73. The van der Waals surface area contributed by atoms with E-state index >= 15 is 0 Å². The molecule has 0 spiro atoms. The van der Waals surface area contributed by atoms with Crippen molar-refractivity contribution in [1.82, 2.24) is 0 Å². The summed E-state index contributed by atoms with van der Waals surface area (Å²) in [4.78, 5) is 0. The van der Waals surface area contributed by atoms with Crippen molar-refractivity contribution in [2.45, 2.75) is 71.6 Å². The van der Waals surface area contributed by atoms with Crippen LogP contribution in [0.4, 0.5) is 0 Å². The van der Waals surface area contributed by atoms with Crippen LogP contribution in [-0.2, 0) is 0 Å². The van der Waals surface area contributed by atoms with Crippen LogP contribution in [0.5, 0.6) is 0 Å². The summed E-state index contributed by atoms with van der Waals surface area (Å²) in [5.41, 5.74) is 3.23. The van der Waals surface area contributed by atoms with Gasteiger partial charge in [0.25, 0.3) is 0 Å². The molecule has 0 heterocycles. The summed E-state index contributed by atoms with van der Waals surface area (Å²) >= 11 is 0. The third-order valence-corrected chi connectivity index (χ3v) is 8.57. The molecule has 0 radical (unpaired) electrons. The van der Waals surface area contributed by atoms with E-state index in [0.717, 1.165) is 35.0 Å². The lowest BCUT2D eigenvalue weighted by atomic mass is 9.47. The molecule has 5 aliphatic rings. The predicted molar refractivity (Wildman–Crippen MR) is 83.3 cm³/mol. The maximum atomic E-state index is 2.66. The van der Waals surface area contributed by atoms with Gasteiger partial charge in [-0.25, -0.2) is 0 Å². The van der Waals surface area contributed by atoms with Crippen LogP contribution in [-0.4, -0.2) is 0 Å². The van der Waals surface area contributed by atoms with Crippen LogP contribution in [0.2, 0.25) is 0 Å². The molecule has 0 aromatic rings. The minimum atomic E-state index is 0.607. The Hall–Kier alpha value is -0.260. The van der Waals surface area contributed by atoms with E-state index in [4.69, 9.17) is 0 Å². The first-order chi connectivity index (χ1) is 9.62. The topological polar surface area (TPSA) is 0 Å². The molecule has 7 atom stereocenters. The fourth-order valence-corrected chi connectivity index (χ4v) is 7.69. The maximum Gasteiger partial charge on any atom is -0.00853 e. The number of hydrogen-bond acceptors (Lipinski definition) is 0. The molecule has 0 aliphatic heterocycles. The molecule has 20 heavy (non-hydrogen) atoms. The quantitative estimate of drug-likeness (QED) is 0.504. The van der Waals surface area contributed by atoms with Crippen molar-refractivity contribution in [3.8, 4) is 0 Å². The number of allylic oxidation sites excluding steroid dienone is 2. The Morgan fingerprint density at radius 3 is 2.90 bits per heavy atom. The second-order valence-corrected chi connectivity index (χ2v) is 9.43. The first-order valence-electron chi connectivity index (χ1n) is 9.31. The average Bonchev–Trinajstić information content (AvgIpc) is 3.09. The largest absolute Gasteiger partial charge is 0.0848 e. The summed E-state index contributed by atoms with van der Waals surface area (Å²) in [6.07, 6.45) is 16.2. The van der Waals surface area contributed by atoms with Gasteiger partial charge in [0.2, 0.25) is 0 Å². The smallest absolute Gasteiger partial charge is 0.00853 e. The standard InChI is InChI=1S/C20H30/c1-19-10-8-17-15(18(19)16-11-13(16)12-19)7-6-14-5-3-4-9-20(14,17)2/h5,13,15-18H,3-4,6-12H2,1-2H3/t13-,15-,16-,17+,18-,19-,20+/m1/s1. The van der Waals surface area contributed by atoms with Gasteiger partial charge in [0.15, 0.2) is 0 Å². The maximum absolute atomic E-state index is 2.66. The van der Waals surface area contributed by atoms with Gasteiger partial charge < -0.3 is 0 Å². The van der Waals surface area contributed by atoms with Crippen molar-refractivity contribution in [3.05, 3.63) is 11.6 Å². The third kappa shape index (κ3) is 1.39. The van der Waals surface area contributed by atoms with Gasteiger partial charge in [-0.05, 0) is 98.2 Å². The molecule has 4 saturated carbocycles. The molecule has 0 bridgehead atoms. The summed E-state index contributed by atoms with van der Waals surface area (Å²) in [6.45, 7) is 5.31. The zero-order valence-corrected chi connectivity index (χ0v) is 13.3. The summed E-state index contributed by atoms with van der Waals surface area (Å²) in [5, 5.41) is 0. The van der Waals surface area contributed by atoms with Crippen molar-refractivity contribution < 1.29 is 0 Å². The van der Waals surface area contributed by atoms with Crippen LogP contribution in [0.15, 0.2) is 11.6 Å². The molecular weight excluding hydrogens is 240 g/mol. The number of hydrogen-bond donors (Lipinski definition) is 0. The molecule has 0 aromatic carbocycles. The highest BCUT2D eigenvalue weighted by Gasteiger charge is 2.65. The lowest BCUT2D eigenvalue weighted by Crippen LogP contribution is -2.49. The number of rotatable bonds is 0. The fraction of sp³-hybridized carbons (Fsp3) is 0.900. The molecule has 0 unspecified atom stereocenters. The van der Waals surface area contributed by atoms with E-state index in [1.807, 2.05) is 5.57 Å². The molecule has 0 saturated heterocycles. The van der Waals surface area contributed by atoms with Crippen LogP contribution < -0.4 is 0 Å². The van der Waals surface area contributed by atoms with E-state index in [0.29, 0.717) is 5.41 Å². The molecular formula is C20H30. The first-order valence-corrected chi connectivity index (χ1v) is 9.31. The van der Waals surface area contributed by atoms with Gasteiger partial charge in [0.1, 0.15) is 0 Å². The van der Waals surface area contributed by atoms with Crippen molar-refractivity contribution >= 4 is 0 Å². The first kappa shape index (κ1) is 12.3. The van der Waals surface area contributed by atoms with Gasteiger partial charge in [0, 0.05) is 0 Å². The van der Waals surface area contributed by atoms with Crippen molar-refractivity contribution in [3.63, 3.8) is 0 Å². The summed E-state index contributed by atoms with van der Waals surface area (Å²) in [7, 11) is 0. The molecule has 4 fully saturated rings. The van der Waals surface area contributed by atoms with E-state index < -0.39 is 0 Å². The van der Waals surface area contributed by atoms with Gasteiger partial charge in [0.05, 0.1) is 0 Å². The second kappa shape index (κ2) is 3.73. The monoisotopic (exact) mass is 270 g/mol. The Labute approximate surface area is 124 Å². The Morgan fingerprint density at radius 1 is 1.10 bits per heavy atom. The summed E-state index contributed by atoms with van der Waals surface area (Å²) in [5.74, 6) is 5.56. The van der Waals surface area contributed by atoms with Gasteiger partial charge in [-0.2, -0.15) is 0 Å². The Morgan fingerprint density at radius 2 is 2.00 bits per heavy atom. The Kier molecular flexibility index (Phi) is 2.30. The van der Waals surface area contributed by atoms with Crippen LogP contribution in [0.3, 0.4) is 0 Å². The van der Waals surface area contributed by atoms with Crippen LogP contribution in [0, 0.1) is 40.4 Å². The number of fused-ring (bicyclic) bond motifs is 7. The minimum absolute atomic E-state index is 0.607. The van der Waals surface area contributed by atoms with Gasteiger partial charge in [-0.3, -0.25) is 0 Å². The highest BCUT2D eigenvalue weighted by atomic mass is 14.7. The van der Waals surface area contributed by atoms with Gasteiger partial charge in [-0.1, -0.05) is 25.5 Å². The van der Waals surface area contributed by atoms with Crippen LogP contribution >= 0.6 is 0 Å². The summed E-state index contributed by atoms with van der Waals surface area (Å²) in [6, 6.07) is 0. The highest BCUT2D eigenvalue weighted by molar-refractivity contribution is 5.25. The normalized spacial score (nSPS) is 59.9. The zero-order chi connectivity index (χ0) is 13.5. The SMILES string of the molecule is C[C@]12CC[C@H]3[C@@H](CCC4=CCCC[C@@]43C)[C@@H]1[C@@H]1C[C@@H]1C2. The summed E-state index contributed by atoms with van der Waals surface area (Å²) < 4.78 is 0. The molecule has 0 nitrogen and oxygen atoms in total. The van der Waals surface area contributed by atoms with E-state index in [1.165, 1.54) is 32.1 Å². The van der Waals surface area contributed by atoms with Crippen molar-refractivity contribution in [2.75, 3.05) is 0 Å². The second-order valence-electron chi connectivity index (χ2n) is 9.43. The van der Waals surface area contributed by atoms with Crippen LogP contribution in [0.25, 0.3) is 0 Å². The Bertz CT molecular complexity index is 474. The lowest BCUT2D eigenvalue weighted by molar-refractivity contribution is -0.0484. The fourth-order valence-electron chi connectivity index (χ4n) is 7.69. The molecule has 5 aliphatic carbocycles. The van der Waals surface area contributed by atoms with Gasteiger partial charge in [-0.15, -0.1) is 0 Å². The molecule has 110 valence electrons.